The van der Waals surface area contributed by atoms with E-state index in [1.807, 2.05) is 7.05 Å². The van der Waals surface area contributed by atoms with E-state index in [4.69, 9.17) is 4.74 Å². The summed E-state index contributed by atoms with van der Waals surface area (Å²) in [6.45, 7) is 7.32. The summed E-state index contributed by atoms with van der Waals surface area (Å²) in [5.41, 5.74) is 0. The van der Waals surface area contributed by atoms with Gasteiger partial charge in [0.2, 0.25) is 0 Å². The van der Waals surface area contributed by atoms with Crippen LogP contribution in [-0.4, -0.2) is 38.8 Å². The third kappa shape index (κ3) is 6.51. The highest BCUT2D eigenvalue weighted by Gasteiger charge is 2.14. The summed E-state index contributed by atoms with van der Waals surface area (Å²) in [7, 11) is 1.82. The maximum absolute atomic E-state index is 5.58. The molecule has 0 aromatic rings. The molecule has 0 saturated carbocycles. The molecule has 1 aliphatic rings. The van der Waals surface area contributed by atoms with Crippen LogP contribution in [-0.2, 0) is 4.74 Å². The molecule has 1 unspecified atom stereocenters. The first kappa shape index (κ1) is 14.3. The van der Waals surface area contributed by atoms with Crippen molar-refractivity contribution in [2.45, 2.75) is 45.6 Å². The van der Waals surface area contributed by atoms with E-state index < -0.39 is 0 Å². The van der Waals surface area contributed by atoms with E-state index in [0.717, 1.165) is 38.0 Å². The van der Waals surface area contributed by atoms with Gasteiger partial charge in [0.1, 0.15) is 0 Å². The lowest BCUT2D eigenvalue weighted by atomic mass is 10.1. The number of nitrogens with zero attached hydrogens (tertiary/aromatic N) is 1. The first-order valence-electron chi connectivity index (χ1n) is 6.78. The number of ether oxygens (including phenoxy) is 1. The Morgan fingerprint density at radius 1 is 1.35 bits per heavy atom. The first-order chi connectivity index (χ1) is 8.22. The van der Waals surface area contributed by atoms with E-state index >= 15 is 0 Å². The van der Waals surface area contributed by atoms with Crippen molar-refractivity contribution >= 4 is 5.96 Å². The van der Waals surface area contributed by atoms with Crippen LogP contribution in [0.15, 0.2) is 4.99 Å². The van der Waals surface area contributed by atoms with Crippen molar-refractivity contribution in [3.8, 4) is 0 Å². The number of aliphatic imine (C=N–C) groups is 1. The zero-order valence-corrected chi connectivity index (χ0v) is 11.5. The number of rotatable bonds is 6. The summed E-state index contributed by atoms with van der Waals surface area (Å²) in [5.74, 6) is 1.64. The Kier molecular flexibility index (Phi) is 7.01. The molecule has 1 rings (SSSR count). The second-order valence-electron chi connectivity index (χ2n) is 5.03. The summed E-state index contributed by atoms with van der Waals surface area (Å²) in [6.07, 6.45) is 5.13. The third-order valence-electron chi connectivity index (χ3n) is 3.02. The zero-order chi connectivity index (χ0) is 12.5. The molecule has 17 heavy (non-hydrogen) atoms. The van der Waals surface area contributed by atoms with Crippen molar-refractivity contribution in [3.05, 3.63) is 0 Å². The van der Waals surface area contributed by atoms with Crippen LogP contribution in [0.1, 0.15) is 39.5 Å². The highest BCUT2D eigenvalue weighted by molar-refractivity contribution is 5.79. The van der Waals surface area contributed by atoms with Crippen molar-refractivity contribution in [1.29, 1.82) is 0 Å². The van der Waals surface area contributed by atoms with E-state index in [1.54, 1.807) is 0 Å². The van der Waals surface area contributed by atoms with Gasteiger partial charge in [-0.15, -0.1) is 0 Å². The standard InChI is InChI=1S/C13H27N3O/c1-11(2)6-8-15-13(14-3)16-9-7-12-5-4-10-17-12/h11-12H,4-10H2,1-3H3,(H2,14,15,16). The van der Waals surface area contributed by atoms with E-state index in [0.29, 0.717) is 6.10 Å². The fraction of sp³-hybridized carbons (Fsp3) is 0.923. The van der Waals surface area contributed by atoms with Crippen LogP contribution in [0.4, 0.5) is 0 Å². The van der Waals surface area contributed by atoms with Crippen LogP contribution in [0, 0.1) is 5.92 Å². The monoisotopic (exact) mass is 241 g/mol. The van der Waals surface area contributed by atoms with Gasteiger partial charge in [-0.25, -0.2) is 0 Å². The van der Waals surface area contributed by atoms with E-state index in [1.165, 1.54) is 19.3 Å². The van der Waals surface area contributed by atoms with E-state index in [9.17, 15) is 0 Å². The van der Waals surface area contributed by atoms with Gasteiger partial charge in [0.05, 0.1) is 6.10 Å². The average molecular weight is 241 g/mol. The lowest BCUT2D eigenvalue weighted by Crippen LogP contribution is -2.39. The minimum absolute atomic E-state index is 0.455. The van der Waals surface area contributed by atoms with Crippen LogP contribution >= 0.6 is 0 Å². The fourth-order valence-electron chi connectivity index (χ4n) is 1.92. The van der Waals surface area contributed by atoms with Gasteiger partial charge < -0.3 is 15.4 Å². The molecule has 0 aromatic heterocycles. The van der Waals surface area contributed by atoms with Gasteiger partial charge in [0, 0.05) is 26.7 Å². The molecular weight excluding hydrogens is 214 g/mol. The van der Waals surface area contributed by atoms with Crippen LogP contribution < -0.4 is 10.6 Å². The Bertz CT molecular complexity index is 223. The predicted octanol–water partition coefficient (Wildman–Crippen LogP) is 1.77. The summed E-state index contributed by atoms with van der Waals surface area (Å²) < 4.78 is 5.58. The number of hydrogen-bond donors (Lipinski definition) is 2. The van der Waals surface area contributed by atoms with Crippen LogP contribution in [0.5, 0.6) is 0 Å². The predicted molar refractivity (Wildman–Crippen MR) is 72.4 cm³/mol. The molecule has 0 radical (unpaired) electrons. The second-order valence-corrected chi connectivity index (χ2v) is 5.03. The molecular formula is C13H27N3O. The van der Waals surface area contributed by atoms with Gasteiger partial charge in [-0.1, -0.05) is 13.8 Å². The Balaban J connectivity index is 2.05. The maximum Gasteiger partial charge on any atom is 0.190 e. The molecule has 1 atom stereocenters. The fourth-order valence-corrected chi connectivity index (χ4v) is 1.92. The van der Waals surface area contributed by atoms with Crippen molar-refractivity contribution < 1.29 is 4.74 Å². The average Bonchev–Trinajstić information content (AvgIpc) is 2.79. The van der Waals surface area contributed by atoms with Crippen molar-refractivity contribution in [2.24, 2.45) is 10.9 Å². The van der Waals surface area contributed by atoms with Crippen molar-refractivity contribution in [1.82, 2.24) is 10.6 Å². The van der Waals surface area contributed by atoms with E-state index in [-0.39, 0.29) is 0 Å². The minimum atomic E-state index is 0.455. The number of nitrogens with one attached hydrogen (secondary N) is 2. The van der Waals surface area contributed by atoms with Crippen LogP contribution in [0.3, 0.4) is 0 Å². The van der Waals surface area contributed by atoms with Crippen molar-refractivity contribution in [2.75, 3.05) is 26.7 Å². The summed E-state index contributed by atoms with van der Waals surface area (Å²) >= 11 is 0. The molecule has 0 bridgehead atoms. The molecule has 2 N–H and O–H groups in total. The topological polar surface area (TPSA) is 45.7 Å². The normalized spacial score (nSPS) is 20.9. The molecule has 0 spiro atoms. The Hall–Kier alpha value is -0.770. The molecule has 0 aromatic carbocycles. The SMILES string of the molecule is CN=C(NCCC(C)C)NCCC1CCCO1. The molecule has 1 saturated heterocycles. The van der Waals surface area contributed by atoms with E-state index in [2.05, 4.69) is 29.5 Å². The quantitative estimate of drug-likeness (QED) is 0.550. The largest absolute Gasteiger partial charge is 0.378 e. The van der Waals surface area contributed by atoms with Gasteiger partial charge in [0.15, 0.2) is 5.96 Å². The summed E-state index contributed by atoms with van der Waals surface area (Å²) in [4.78, 5) is 4.20. The highest BCUT2D eigenvalue weighted by Crippen LogP contribution is 2.14. The van der Waals surface area contributed by atoms with Crippen LogP contribution in [0.2, 0.25) is 0 Å². The number of hydrogen-bond acceptors (Lipinski definition) is 2. The lowest BCUT2D eigenvalue weighted by Gasteiger charge is -2.14. The highest BCUT2D eigenvalue weighted by atomic mass is 16.5. The van der Waals surface area contributed by atoms with Gasteiger partial charge in [-0.05, 0) is 31.6 Å². The molecule has 4 heteroatoms. The van der Waals surface area contributed by atoms with Crippen molar-refractivity contribution in [3.63, 3.8) is 0 Å². The molecule has 1 heterocycles. The molecule has 100 valence electrons. The summed E-state index contributed by atoms with van der Waals surface area (Å²) in [5, 5.41) is 6.65. The molecule has 0 amide bonds. The maximum atomic E-state index is 5.58. The zero-order valence-electron chi connectivity index (χ0n) is 11.5. The first-order valence-corrected chi connectivity index (χ1v) is 6.78. The molecule has 0 aliphatic carbocycles. The van der Waals surface area contributed by atoms with Gasteiger partial charge in [-0.3, -0.25) is 4.99 Å². The molecule has 1 aliphatic heterocycles. The van der Waals surface area contributed by atoms with Crippen LogP contribution in [0.25, 0.3) is 0 Å². The second kappa shape index (κ2) is 8.34. The Morgan fingerprint density at radius 3 is 2.71 bits per heavy atom. The summed E-state index contributed by atoms with van der Waals surface area (Å²) in [6, 6.07) is 0. The minimum Gasteiger partial charge on any atom is -0.378 e. The number of guanidine groups is 1. The third-order valence-corrected chi connectivity index (χ3v) is 3.02. The Morgan fingerprint density at radius 2 is 2.12 bits per heavy atom. The molecule has 4 nitrogen and oxygen atoms in total. The van der Waals surface area contributed by atoms with Gasteiger partial charge in [0.25, 0.3) is 0 Å². The van der Waals surface area contributed by atoms with Gasteiger partial charge >= 0.3 is 0 Å². The van der Waals surface area contributed by atoms with Gasteiger partial charge in [-0.2, -0.15) is 0 Å². The lowest BCUT2D eigenvalue weighted by molar-refractivity contribution is 0.105. The molecule has 1 fully saturated rings. The Labute approximate surface area is 105 Å². The smallest absolute Gasteiger partial charge is 0.190 e.